The molecule has 32 heavy (non-hydrogen) atoms. The van der Waals surface area contributed by atoms with E-state index in [1.165, 1.54) is 0 Å². The summed E-state index contributed by atoms with van der Waals surface area (Å²) in [5, 5.41) is 0.800. The number of hydrogen-bond donors (Lipinski definition) is 0. The summed E-state index contributed by atoms with van der Waals surface area (Å²) in [7, 11) is 0. The van der Waals surface area contributed by atoms with E-state index >= 15 is 0 Å². The van der Waals surface area contributed by atoms with Gasteiger partial charge in [0.05, 0.1) is 6.67 Å². The van der Waals surface area contributed by atoms with Crippen molar-refractivity contribution in [2.24, 2.45) is 11.3 Å². The first-order valence-electron chi connectivity index (χ1n) is 11.5. The second-order valence-electron chi connectivity index (χ2n) is 8.00. The highest BCUT2D eigenvalue weighted by Gasteiger charge is 2.50. The van der Waals surface area contributed by atoms with Crippen LogP contribution in [-0.2, 0) is 19.2 Å². The lowest BCUT2D eigenvalue weighted by Gasteiger charge is -2.31. The van der Waals surface area contributed by atoms with Gasteiger partial charge in [-0.15, -0.1) is 11.6 Å². The minimum absolute atomic E-state index is 0.000787. The van der Waals surface area contributed by atoms with Gasteiger partial charge in [0.1, 0.15) is 12.2 Å². The van der Waals surface area contributed by atoms with Gasteiger partial charge in [-0.1, -0.05) is 64.2 Å². The predicted octanol–water partition coefficient (Wildman–Crippen LogP) is 6.79. The molecule has 0 aromatic rings. The average molecular weight is 650 g/mol. The van der Waals surface area contributed by atoms with Crippen LogP contribution in [0.4, 0.5) is 4.39 Å². The first-order chi connectivity index (χ1) is 15.5. The van der Waals surface area contributed by atoms with Gasteiger partial charge in [0.25, 0.3) is 0 Å². The molecule has 184 valence electrons. The topological polar surface area (TPSA) is 68.3 Å². The number of carbonyl (C=O) groups is 3. The third-order valence-corrected chi connectivity index (χ3v) is 7.31. The minimum atomic E-state index is -2.14. The van der Waals surface area contributed by atoms with E-state index in [9.17, 15) is 23.6 Å². The van der Waals surface area contributed by atoms with Crippen LogP contribution in [0.3, 0.4) is 0 Å². The van der Waals surface area contributed by atoms with Crippen LogP contribution in [0.2, 0.25) is 0 Å². The summed E-state index contributed by atoms with van der Waals surface area (Å²) < 4.78 is 14.4. The summed E-state index contributed by atoms with van der Waals surface area (Å²) in [5.74, 6) is 0.481. The van der Waals surface area contributed by atoms with Gasteiger partial charge in [-0.25, -0.2) is 4.79 Å². The van der Waals surface area contributed by atoms with Crippen LogP contribution in [0.1, 0.15) is 83.5 Å². The van der Waals surface area contributed by atoms with Crippen LogP contribution in [0, 0.1) is 11.3 Å². The fourth-order valence-electron chi connectivity index (χ4n) is 3.87. The lowest BCUT2D eigenvalue weighted by Crippen LogP contribution is -2.45. The Hall–Kier alpha value is -0.110. The molecule has 0 spiro atoms. The predicted molar refractivity (Wildman–Crippen MR) is 141 cm³/mol. The fourth-order valence-corrected chi connectivity index (χ4v) is 5.00. The number of aldehydes is 1. The fraction of sp³-hybridized carbons (Fsp3) is 0.792. The molecule has 0 aromatic carbocycles. The van der Waals surface area contributed by atoms with Gasteiger partial charge in [0.15, 0.2) is 17.0 Å². The molecular formula is C24H36BrClFIO4. The molecule has 0 aliphatic heterocycles. The van der Waals surface area contributed by atoms with Crippen LogP contribution >= 0.6 is 50.1 Å². The van der Waals surface area contributed by atoms with Crippen molar-refractivity contribution in [1.29, 1.82) is 0 Å². The van der Waals surface area contributed by atoms with E-state index in [1.807, 2.05) is 0 Å². The monoisotopic (exact) mass is 648 g/mol. The number of allylic oxidation sites excluding steroid dienone is 1. The summed E-state index contributed by atoms with van der Waals surface area (Å²) in [6.07, 6.45) is 7.50. The van der Waals surface area contributed by atoms with Crippen molar-refractivity contribution in [2.75, 3.05) is 22.3 Å². The van der Waals surface area contributed by atoms with Gasteiger partial charge in [0, 0.05) is 29.6 Å². The molecule has 0 radical (unpaired) electrons. The Morgan fingerprint density at radius 1 is 0.969 bits per heavy atom. The maximum Gasteiger partial charge on any atom is 0.174 e. The van der Waals surface area contributed by atoms with Crippen LogP contribution in [0.25, 0.3) is 0 Å². The second kappa shape index (κ2) is 20.3. The number of hydrogen-bond acceptors (Lipinski definition) is 4. The Morgan fingerprint density at radius 2 is 1.56 bits per heavy atom. The highest BCUT2D eigenvalue weighted by molar-refractivity contribution is 14.1. The highest BCUT2D eigenvalue weighted by Crippen LogP contribution is 2.38. The molecule has 0 heterocycles. The van der Waals surface area contributed by atoms with E-state index in [-0.39, 0.29) is 24.8 Å². The Labute approximate surface area is 219 Å². The quantitative estimate of drug-likeness (QED) is 0.0324. The van der Waals surface area contributed by atoms with Crippen molar-refractivity contribution >= 4 is 73.9 Å². The van der Waals surface area contributed by atoms with E-state index < -0.39 is 29.6 Å². The van der Waals surface area contributed by atoms with Gasteiger partial charge in [-0.3, -0.25) is 14.0 Å². The largest absolute Gasteiger partial charge is 0.301 e. The smallest absolute Gasteiger partial charge is 0.174 e. The standard InChI is InChI=1S/C24H36BrClFIO4/c25-14-7-1-5-11-22(31)24(19-30,23(32)12-6-2-8-15-26)21(18-29)20(13-16-27)10-4-3-9-17-28/h19-20H,1-17H2. The van der Waals surface area contributed by atoms with E-state index in [2.05, 4.69) is 38.5 Å². The van der Waals surface area contributed by atoms with Gasteiger partial charge in [-0.2, -0.15) is 0 Å². The number of halogens is 4. The molecule has 0 saturated carbocycles. The SMILES string of the molecule is O=C=C(C(CCF)CCCCCI)C(C=O)(C(=O)CCCCCCl)C(=O)CCCCCBr. The molecule has 0 aromatic heterocycles. The van der Waals surface area contributed by atoms with E-state index in [4.69, 9.17) is 11.6 Å². The average Bonchev–Trinajstić information content (AvgIpc) is 2.80. The van der Waals surface area contributed by atoms with Crippen molar-refractivity contribution in [3.8, 4) is 0 Å². The molecule has 2 unspecified atom stereocenters. The van der Waals surface area contributed by atoms with Crippen LogP contribution in [0.15, 0.2) is 5.57 Å². The Balaban J connectivity index is 5.91. The maximum absolute atomic E-state index is 13.4. The lowest BCUT2D eigenvalue weighted by atomic mass is 9.66. The maximum atomic E-state index is 13.4. The Bertz CT molecular complexity index is 587. The minimum Gasteiger partial charge on any atom is -0.301 e. The third-order valence-electron chi connectivity index (χ3n) is 5.72. The Morgan fingerprint density at radius 3 is 2.03 bits per heavy atom. The molecule has 0 bridgehead atoms. The number of carbonyl (C=O) groups excluding carboxylic acids is 4. The zero-order valence-corrected chi connectivity index (χ0v) is 23.3. The number of rotatable bonds is 22. The number of alkyl halides is 4. The first-order valence-corrected chi connectivity index (χ1v) is 14.7. The van der Waals surface area contributed by atoms with Crippen molar-refractivity contribution in [1.82, 2.24) is 0 Å². The molecule has 0 amide bonds. The highest BCUT2D eigenvalue weighted by atomic mass is 127. The van der Waals surface area contributed by atoms with Crippen molar-refractivity contribution in [3.63, 3.8) is 0 Å². The summed E-state index contributed by atoms with van der Waals surface area (Å²) >= 11 is 11.3. The molecule has 0 saturated heterocycles. The molecule has 0 N–H and O–H groups in total. The zero-order valence-electron chi connectivity index (χ0n) is 18.8. The van der Waals surface area contributed by atoms with Crippen molar-refractivity contribution < 1.29 is 23.6 Å². The van der Waals surface area contributed by atoms with Gasteiger partial charge < -0.3 is 4.79 Å². The molecule has 4 nitrogen and oxygen atoms in total. The summed E-state index contributed by atoms with van der Waals surface area (Å²) in [5.41, 5.74) is -2.30. The Kier molecular flexibility index (Phi) is 20.2. The van der Waals surface area contributed by atoms with Gasteiger partial charge in [0.2, 0.25) is 0 Å². The van der Waals surface area contributed by atoms with Crippen molar-refractivity contribution in [2.45, 2.75) is 83.5 Å². The molecule has 0 rings (SSSR count). The molecule has 0 aliphatic carbocycles. The molecule has 2 atom stereocenters. The van der Waals surface area contributed by atoms with Gasteiger partial charge in [-0.05, 0) is 55.3 Å². The molecular weight excluding hydrogens is 614 g/mol. The molecule has 0 aliphatic rings. The normalized spacial score (nSPS) is 13.8. The third kappa shape index (κ3) is 10.9. The first kappa shape index (κ1) is 31.9. The lowest BCUT2D eigenvalue weighted by molar-refractivity contribution is -0.142. The van der Waals surface area contributed by atoms with Crippen LogP contribution in [0.5, 0.6) is 0 Å². The van der Waals surface area contributed by atoms with Crippen molar-refractivity contribution in [3.05, 3.63) is 5.57 Å². The molecule has 8 heteroatoms. The number of Topliss-reactive ketones (excluding diaryl/α,β-unsaturated/α-hetero) is 2. The molecule has 0 fully saturated rings. The van der Waals surface area contributed by atoms with Crippen LogP contribution < -0.4 is 0 Å². The number of unbranched alkanes of at least 4 members (excludes halogenated alkanes) is 6. The van der Waals surface area contributed by atoms with Gasteiger partial charge >= 0.3 is 0 Å². The van der Waals surface area contributed by atoms with E-state index in [1.54, 1.807) is 5.94 Å². The second-order valence-corrected chi connectivity index (χ2v) is 10.2. The van der Waals surface area contributed by atoms with E-state index in [0.29, 0.717) is 37.8 Å². The van der Waals surface area contributed by atoms with E-state index in [0.717, 1.165) is 48.3 Å². The zero-order chi connectivity index (χ0) is 24.2. The summed E-state index contributed by atoms with van der Waals surface area (Å²) in [4.78, 5) is 51.1. The number of ketones is 2. The summed E-state index contributed by atoms with van der Waals surface area (Å²) in [6.45, 7) is -0.694. The summed E-state index contributed by atoms with van der Waals surface area (Å²) in [6, 6.07) is 0. The van der Waals surface area contributed by atoms with Crippen LogP contribution in [-0.4, -0.2) is 46.1 Å².